The molecule has 4 rings (SSSR count). The van der Waals surface area contributed by atoms with E-state index in [0.717, 1.165) is 16.7 Å². The van der Waals surface area contributed by atoms with Crippen LogP contribution in [0.15, 0.2) is 91.0 Å². The molecule has 0 aliphatic carbocycles. The van der Waals surface area contributed by atoms with Crippen molar-refractivity contribution in [3.05, 3.63) is 108 Å². The zero-order valence-electron chi connectivity index (χ0n) is 21.7. The molecule has 1 fully saturated rings. The lowest BCUT2D eigenvalue weighted by Crippen LogP contribution is -2.65. The number of esters is 1. The van der Waals surface area contributed by atoms with Crippen LogP contribution in [0.4, 0.5) is 4.79 Å². The molecule has 5 atom stereocenters. The zero-order valence-corrected chi connectivity index (χ0v) is 21.7. The highest BCUT2D eigenvalue weighted by Gasteiger charge is 2.49. The van der Waals surface area contributed by atoms with Crippen LogP contribution >= 0.6 is 0 Å². The van der Waals surface area contributed by atoms with E-state index in [2.05, 4.69) is 5.32 Å². The first kappa shape index (κ1) is 28.3. The highest BCUT2D eigenvalue weighted by Crippen LogP contribution is 2.27. The summed E-state index contributed by atoms with van der Waals surface area (Å²) in [6.45, 7) is 1.77. The van der Waals surface area contributed by atoms with Crippen LogP contribution in [0.5, 0.6) is 0 Å². The van der Waals surface area contributed by atoms with Gasteiger partial charge in [-0.15, -0.1) is 0 Å². The summed E-state index contributed by atoms with van der Waals surface area (Å²) in [7, 11) is 0. The van der Waals surface area contributed by atoms with Gasteiger partial charge in [0.25, 0.3) is 0 Å². The number of rotatable bonds is 11. The van der Waals surface area contributed by atoms with Gasteiger partial charge >= 0.3 is 12.1 Å². The molecular weight excluding hydrogens is 502 g/mol. The molecule has 0 spiro atoms. The van der Waals surface area contributed by atoms with Crippen molar-refractivity contribution in [2.24, 2.45) is 0 Å². The minimum Gasteiger partial charge on any atom is -0.457 e. The van der Waals surface area contributed by atoms with Crippen LogP contribution in [-0.2, 0) is 48.3 Å². The van der Waals surface area contributed by atoms with Crippen LogP contribution in [0.1, 0.15) is 23.6 Å². The van der Waals surface area contributed by atoms with Crippen molar-refractivity contribution in [2.45, 2.75) is 57.4 Å². The van der Waals surface area contributed by atoms with Gasteiger partial charge in [-0.2, -0.15) is 0 Å². The lowest BCUT2D eigenvalue weighted by atomic mass is 9.96. The Bertz CT molecular complexity index is 1160. The van der Waals surface area contributed by atoms with Gasteiger partial charge in [0, 0.05) is 6.92 Å². The third-order valence-electron chi connectivity index (χ3n) is 6.14. The predicted octanol–water partition coefficient (Wildman–Crippen LogP) is 3.73. The third kappa shape index (κ3) is 8.62. The number of carbonyl (C=O) groups is 2. The van der Waals surface area contributed by atoms with E-state index in [-0.39, 0.29) is 19.8 Å². The molecule has 206 valence electrons. The summed E-state index contributed by atoms with van der Waals surface area (Å²) in [5, 5.41) is 13.6. The number of carbonyl (C=O) groups excluding carboxylic acids is 2. The van der Waals surface area contributed by atoms with Gasteiger partial charge in [-0.25, -0.2) is 4.79 Å². The summed E-state index contributed by atoms with van der Waals surface area (Å²) in [5.74, 6) is -0.563. The van der Waals surface area contributed by atoms with Crippen molar-refractivity contribution in [2.75, 3.05) is 6.61 Å². The van der Waals surface area contributed by atoms with Crippen molar-refractivity contribution >= 4 is 12.1 Å². The number of aliphatic hydroxyl groups is 1. The van der Waals surface area contributed by atoms with Crippen LogP contribution in [0.25, 0.3) is 0 Å². The fourth-order valence-electron chi connectivity index (χ4n) is 4.27. The van der Waals surface area contributed by atoms with Gasteiger partial charge in [0.15, 0.2) is 12.4 Å². The first-order valence-corrected chi connectivity index (χ1v) is 12.7. The Morgan fingerprint density at radius 2 is 1.33 bits per heavy atom. The summed E-state index contributed by atoms with van der Waals surface area (Å²) in [6, 6.07) is 27.1. The van der Waals surface area contributed by atoms with Crippen molar-refractivity contribution in [1.29, 1.82) is 0 Å². The minimum absolute atomic E-state index is 0.0142. The van der Waals surface area contributed by atoms with E-state index in [1.165, 1.54) is 6.92 Å². The molecule has 1 heterocycles. The Kier molecular flexibility index (Phi) is 10.4. The quantitative estimate of drug-likeness (QED) is 0.357. The molecule has 1 saturated heterocycles. The molecule has 0 unspecified atom stereocenters. The number of benzene rings is 3. The second-order valence-corrected chi connectivity index (χ2v) is 9.13. The van der Waals surface area contributed by atoms with Gasteiger partial charge in [0.1, 0.15) is 24.9 Å². The molecule has 9 nitrogen and oxygen atoms in total. The highest BCUT2D eigenvalue weighted by atomic mass is 16.7. The molecule has 1 aliphatic rings. The maximum Gasteiger partial charge on any atom is 0.407 e. The topological polar surface area (TPSA) is 113 Å². The first-order valence-electron chi connectivity index (χ1n) is 12.7. The van der Waals surface area contributed by atoms with Gasteiger partial charge in [-0.1, -0.05) is 91.0 Å². The fraction of sp³-hybridized carbons (Fsp3) is 0.333. The molecule has 0 saturated carbocycles. The third-order valence-corrected chi connectivity index (χ3v) is 6.14. The van der Waals surface area contributed by atoms with Crippen molar-refractivity contribution < 1.29 is 38.4 Å². The molecule has 2 N–H and O–H groups in total. The van der Waals surface area contributed by atoms with Crippen molar-refractivity contribution in [3.8, 4) is 0 Å². The van der Waals surface area contributed by atoms with E-state index in [0.29, 0.717) is 6.61 Å². The molecule has 39 heavy (non-hydrogen) atoms. The zero-order chi connectivity index (χ0) is 27.5. The molecule has 1 aliphatic heterocycles. The van der Waals surface area contributed by atoms with Crippen LogP contribution in [0.3, 0.4) is 0 Å². The van der Waals surface area contributed by atoms with Gasteiger partial charge < -0.3 is 34.1 Å². The fourth-order valence-corrected chi connectivity index (χ4v) is 4.27. The van der Waals surface area contributed by atoms with Gasteiger partial charge in [-0.3, -0.25) is 4.79 Å². The SMILES string of the molecule is CC(=O)O[C@H]1[C@H](OCc2ccccc2)[C@@H](NC(=O)OCc2ccccc2)[C@@H](O)O[C@@H]1COCc1ccccc1. The smallest absolute Gasteiger partial charge is 0.407 e. The second-order valence-electron chi connectivity index (χ2n) is 9.13. The molecule has 9 heteroatoms. The molecule has 0 bridgehead atoms. The van der Waals surface area contributed by atoms with E-state index in [1.807, 2.05) is 91.0 Å². The number of hydrogen-bond acceptors (Lipinski definition) is 8. The lowest BCUT2D eigenvalue weighted by Gasteiger charge is -2.44. The minimum atomic E-state index is -1.48. The van der Waals surface area contributed by atoms with Crippen LogP contribution < -0.4 is 5.32 Å². The standard InChI is InChI=1S/C30H33NO8/c1-21(32)38-27-25(20-35-17-22-11-5-2-6-12-22)39-29(33)26(28(27)36-18-23-13-7-3-8-14-23)31-30(34)37-19-24-15-9-4-10-16-24/h2-16,25-29,33H,17-20H2,1H3,(H,31,34)/t25-,26-,27-,28-,29+/m1/s1. The van der Waals surface area contributed by atoms with E-state index >= 15 is 0 Å². The van der Waals surface area contributed by atoms with E-state index in [1.54, 1.807) is 0 Å². The Morgan fingerprint density at radius 1 is 0.795 bits per heavy atom. The average Bonchev–Trinajstić information content (AvgIpc) is 2.95. The molecule has 0 radical (unpaired) electrons. The Morgan fingerprint density at radius 3 is 1.90 bits per heavy atom. The number of nitrogens with one attached hydrogen (secondary N) is 1. The summed E-state index contributed by atoms with van der Waals surface area (Å²) in [6.07, 6.45) is -5.06. The molecular formula is C30H33NO8. The maximum absolute atomic E-state index is 12.7. The van der Waals surface area contributed by atoms with Crippen LogP contribution in [0.2, 0.25) is 0 Å². The van der Waals surface area contributed by atoms with Gasteiger partial charge in [0.05, 0.1) is 19.8 Å². The summed E-state index contributed by atoms with van der Waals surface area (Å²) in [5.41, 5.74) is 2.62. The maximum atomic E-state index is 12.7. The molecule has 1 amide bonds. The van der Waals surface area contributed by atoms with E-state index in [4.69, 9.17) is 23.7 Å². The summed E-state index contributed by atoms with van der Waals surface area (Å²) < 4.78 is 28.8. The number of alkyl carbamates (subject to hydrolysis) is 1. The van der Waals surface area contributed by atoms with Crippen LogP contribution in [0, 0.1) is 0 Å². The molecule has 0 aromatic heterocycles. The van der Waals surface area contributed by atoms with Gasteiger partial charge in [-0.05, 0) is 16.7 Å². The van der Waals surface area contributed by atoms with E-state index < -0.39 is 42.7 Å². The average molecular weight is 536 g/mol. The Balaban J connectivity index is 1.48. The molecule has 3 aromatic carbocycles. The number of ether oxygens (including phenoxy) is 5. The van der Waals surface area contributed by atoms with Crippen molar-refractivity contribution in [3.63, 3.8) is 0 Å². The first-order chi connectivity index (χ1) is 19.0. The summed E-state index contributed by atoms with van der Waals surface area (Å²) in [4.78, 5) is 24.8. The highest BCUT2D eigenvalue weighted by molar-refractivity contribution is 5.68. The molecule has 3 aromatic rings. The van der Waals surface area contributed by atoms with Crippen molar-refractivity contribution in [1.82, 2.24) is 5.32 Å². The Labute approximate surface area is 227 Å². The van der Waals surface area contributed by atoms with Gasteiger partial charge in [0.2, 0.25) is 0 Å². The normalized spacial score (nSPS) is 22.6. The predicted molar refractivity (Wildman–Crippen MR) is 141 cm³/mol. The number of amides is 1. The number of aliphatic hydroxyl groups excluding tert-OH is 1. The summed E-state index contributed by atoms with van der Waals surface area (Å²) >= 11 is 0. The largest absolute Gasteiger partial charge is 0.457 e. The van der Waals surface area contributed by atoms with Crippen LogP contribution in [-0.4, -0.2) is 54.4 Å². The lowest BCUT2D eigenvalue weighted by molar-refractivity contribution is -0.270. The second kappa shape index (κ2) is 14.4. The monoisotopic (exact) mass is 535 g/mol. The Hall–Kier alpha value is -3.76. The van der Waals surface area contributed by atoms with E-state index in [9.17, 15) is 14.7 Å². The number of hydrogen-bond donors (Lipinski definition) is 2.